The quantitative estimate of drug-likeness (QED) is 0.836. The average Bonchev–Trinajstić information content (AvgIpc) is 2.44. The third-order valence-corrected chi connectivity index (χ3v) is 3.86. The molecular formula is C17H25N3O4. The number of ether oxygens (including phenoxy) is 1. The summed E-state index contributed by atoms with van der Waals surface area (Å²) < 4.78 is 5.48. The molecule has 1 N–H and O–H groups in total. The van der Waals surface area contributed by atoms with E-state index in [0.717, 1.165) is 0 Å². The number of carbonyl (C=O) groups excluding carboxylic acids is 2. The fourth-order valence-corrected chi connectivity index (χ4v) is 2.90. The number of aromatic nitrogens is 1. The van der Waals surface area contributed by atoms with Crippen LogP contribution in [0.5, 0.6) is 5.88 Å². The molecule has 0 saturated carbocycles. The lowest BCUT2D eigenvalue weighted by Gasteiger charge is -2.44. The van der Waals surface area contributed by atoms with Gasteiger partial charge in [0, 0.05) is 13.1 Å². The van der Waals surface area contributed by atoms with Crippen LogP contribution < -0.4 is 4.90 Å². The molecule has 132 valence electrons. The summed E-state index contributed by atoms with van der Waals surface area (Å²) in [6, 6.07) is 3.10. The van der Waals surface area contributed by atoms with Gasteiger partial charge in [0.25, 0.3) is 0 Å². The van der Waals surface area contributed by atoms with Gasteiger partial charge in [0.15, 0.2) is 6.29 Å². The summed E-state index contributed by atoms with van der Waals surface area (Å²) >= 11 is 0. The first kappa shape index (κ1) is 18.0. The van der Waals surface area contributed by atoms with Crippen LogP contribution in [0.15, 0.2) is 12.1 Å². The van der Waals surface area contributed by atoms with Crippen molar-refractivity contribution in [2.75, 3.05) is 18.0 Å². The van der Waals surface area contributed by atoms with Crippen molar-refractivity contribution in [3.8, 4) is 5.88 Å². The molecule has 0 bridgehead atoms. The molecule has 1 saturated heterocycles. The first-order valence-corrected chi connectivity index (χ1v) is 8.04. The highest BCUT2D eigenvalue weighted by atomic mass is 16.6. The zero-order valence-electron chi connectivity index (χ0n) is 14.8. The van der Waals surface area contributed by atoms with Gasteiger partial charge in [-0.15, -0.1) is 0 Å². The molecule has 1 aliphatic rings. The Hall–Kier alpha value is -2.31. The lowest BCUT2D eigenvalue weighted by molar-refractivity contribution is 0.00558. The van der Waals surface area contributed by atoms with Crippen LogP contribution in [0.4, 0.5) is 10.6 Å². The molecule has 0 aliphatic carbocycles. The normalized spacial score (nSPS) is 21.5. The monoisotopic (exact) mass is 335 g/mol. The van der Waals surface area contributed by atoms with E-state index in [0.29, 0.717) is 25.2 Å². The maximum atomic E-state index is 12.4. The lowest BCUT2D eigenvalue weighted by atomic mass is 10.1. The first-order chi connectivity index (χ1) is 11.1. The maximum absolute atomic E-state index is 12.4. The smallest absolute Gasteiger partial charge is 0.410 e. The third-order valence-electron chi connectivity index (χ3n) is 3.86. The molecule has 2 rings (SSSR count). The maximum Gasteiger partial charge on any atom is 0.410 e. The Labute approximate surface area is 142 Å². The van der Waals surface area contributed by atoms with Crippen LogP contribution in [0, 0.1) is 0 Å². The number of pyridine rings is 1. The molecule has 1 amide bonds. The van der Waals surface area contributed by atoms with E-state index < -0.39 is 5.60 Å². The van der Waals surface area contributed by atoms with Crippen LogP contribution in [0.25, 0.3) is 0 Å². The lowest BCUT2D eigenvalue weighted by Crippen LogP contribution is -2.59. The van der Waals surface area contributed by atoms with Gasteiger partial charge in [-0.2, -0.15) is 4.98 Å². The summed E-state index contributed by atoms with van der Waals surface area (Å²) in [6.45, 7) is 10.6. The van der Waals surface area contributed by atoms with Crippen molar-refractivity contribution in [2.45, 2.75) is 52.3 Å². The predicted molar refractivity (Wildman–Crippen MR) is 90.5 cm³/mol. The topological polar surface area (TPSA) is 83.0 Å². The van der Waals surface area contributed by atoms with Crippen LogP contribution in [-0.2, 0) is 4.74 Å². The van der Waals surface area contributed by atoms with Crippen LogP contribution in [0.3, 0.4) is 0 Å². The van der Waals surface area contributed by atoms with Crippen LogP contribution >= 0.6 is 0 Å². The van der Waals surface area contributed by atoms with E-state index >= 15 is 0 Å². The molecule has 1 aromatic rings. The van der Waals surface area contributed by atoms with Crippen molar-refractivity contribution in [2.24, 2.45) is 0 Å². The fraction of sp³-hybridized carbons (Fsp3) is 0.588. The van der Waals surface area contributed by atoms with Crippen molar-refractivity contribution in [3.05, 3.63) is 17.7 Å². The Kier molecular flexibility index (Phi) is 5.01. The highest BCUT2D eigenvalue weighted by Gasteiger charge is 2.36. The SMILES string of the molecule is CC1CN(c2ccc(C=O)c(O)n2)CC(C)N1C(=O)OC(C)(C)C. The fourth-order valence-electron chi connectivity index (χ4n) is 2.90. The van der Waals surface area contributed by atoms with Gasteiger partial charge in [-0.05, 0) is 46.8 Å². The van der Waals surface area contributed by atoms with Gasteiger partial charge in [0.05, 0.1) is 17.6 Å². The first-order valence-electron chi connectivity index (χ1n) is 8.04. The van der Waals surface area contributed by atoms with Gasteiger partial charge in [-0.3, -0.25) is 9.69 Å². The Bertz CT molecular complexity index is 615. The van der Waals surface area contributed by atoms with E-state index in [2.05, 4.69) is 4.98 Å². The molecule has 0 aromatic carbocycles. The highest BCUT2D eigenvalue weighted by molar-refractivity contribution is 5.78. The Morgan fingerprint density at radius 2 is 1.88 bits per heavy atom. The number of hydrogen-bond acceptors (Lipinski definition) is 6. The van der Waals surface area contributed by atoms with Crippen LogP contribution in [0.2, 0.25) is 0 Å². The average molecular weight is 335 g/mol. The van der Waals surface area contributed by atoms with E-state index in [-0.39, 0.29) is 29.6 Å². The number of piperazine rings is 1. The van der Waals surface area contributed by atoms with Crippen molar-refractivity contribution in [3.63, 3.8) is 0 Å². The number of rotatable bonds is 2. The standard InChI is InChI=1S/C17H25N3O4/c1-11-8-19(14-7-6-13(10-21)15(22)18-14)9-12(2)20(11)16(23)24-17(3,4)5/h6-7,10-12H,8-9H2,1-5H3,(H,18,22). The summed E-state index contributed by atoms with van der Waals surface area (Å²) in [4.78, 5) is 31.0. The number of anilines is 1. The van der Waals surface area contributed by atoms with E-state index in [4.69, 9.17) is 4.74 Å². The molecule has 7 heteroatoms. The van der Waals surface area contributed by atoms with Gasteiger partial charge >= 0.3 is 6.09 Å². The molecular weight excluding hydrogens is 310 g/mol. The number of hydrogen-bond donors (Lipinski definition) is 1. The summed E-state index contributed by atoms with van der Waals surface area (Å²) in [5, 5.41) is 9.77. The molecule has 24 heavy (non-hydrogen) atoms. The number of nitrogens with zero attached hydrogens (tertiary/aromatic N) is 3. The largest absolute Gasteiger partial charge is 0.493 e. The molecule has 1 fully saturated rings. The van der Waals surface area contributed by atoms with E-state index in [1.807, 2.05) is 39.5 Å². The van der Waals surface area contributed by atoms with Crippen molar-refractivity contribution < 1.29 is 19.4 Å². The van der Waals surface area contributed by atoms with Crippen LogP contribution in [-0.4, -0.2) is 58.1 Å². The Balaban J connectivity index is 2.14. The minimum Gasteiger partial charge on any atom is -0.493 e. The third kappa shape index (κ3) is 3.96. The second-order valence-electron chi connectivity index (χ2n) is 7.19. The van der Waals surface area contributed by atoms with E-state index in [9.17, 15) is 14.7 Å². The highest BCUT2D eigenvalue weighted by Crippen LogP contribution is 2.25. The number of carbonyl (C=O) groups is 2. The van der Waals surface area contributed by atoms with Crippen molar-refractivity contribution >= 4 is 18.2 Å². The summed E-state index contributed by atoms with van der Waals surface area (Å²) in [5.74, 6) is 0.304. The van der Waals surface area contributed by atoms with Gasteiger partial charge in [-0.25, -0.2) is 4.79 Å². The second kappa shape index (κ2) is 6.67. The van der Waals surface area contributed by atoms with E-state index in [1.165, 1.54) is 0 Å². The van der Waals surface area contributed by atoms with Gasteiger partial charge in [0.2, 0.25) is 5.88 Å². The van der Waals surface area contributed by atoms with Crippen molar-refractivity contribution in [1.82, 2.24) is 9.88 Å². The molecule has 1 aromatic heterocycles. The summed E-state index contributed by atoms with van der Waals surface area (Å²) in [6.07, 6.45) is 0.243. The minimum atomic E-state index is -0.536. The van der Waals surface area contributed by atoms with Gasteiger partial charge < -0.3 is 14.7 Å². The molecule has 2 unspecified atom stereocenters. The predicted octanol–water partition coefficient (Wildman–Crippen LogP) is 2.43. The molecule has 2 heterocycles. The summed E-state index contributed by atoms with van der Waals surface area (Å²) in [5.41, 5.74) is -0.377. The van der Waals surface area contributed by atoms with Gasteiger partial charge in [-0.1, -0.05) is 0 Å². The number of aldehydes is 1. The van der Waals surface area contributed by atoms with E-state index in [1.54, 1.807) is 17.0 Å². The minimum absolute atomic E-state index is 0.0710. The molecule has 0 spiro atoms. The zero-order valence-corrected chi connectivity index (χ0v) is 14.8. The number of amides is 1. The summed E-state index contributed by atoms with van der Waals surface area (Å²) in [7, 11) is 0. The van der Waals surface area contributed by atoms with Crippen LogP contribution in [0.1, 0.15) is 45.0 Å². The Morgan fingerprint density at radius 3 is 2.33 bits per heavy atom. The Morgan fingerprint density at radius 1 is 1.29 bits per heavy atom. The molecule has 1 aliphatic heterocycles. The molecule has 0 radical (unpaired) electrons. The zero-order chi connectivity index (χ0) is 18.1. The molecule has 2 atom stereocenters. The number of aromatic hydroxyl groups is 1. The molecule has 7 nitrogen and oxygen atoms in total. The second-order valence-corrected chi connectivity index (χ2v) is 7.19. The van der Waals surface area contributed by atoms with Gasteiger partial charge in [0.1, 0.15) is 11.4 Å². The van der Waals surface area contributed by atoms with Crippen molar-refractivity contribution in [1.29, 1.82) is 0 Å².